The molecule has 0 radical (unpaired) electrons. The van der Waals surface area contributed by atoms with Gasteiger partial charge in [-0.1, -0.05) is 37.1 Å². The van der Waals surface area contributed by atoms with Crippen molar-refractivity contribution < 1.29 is 4.79 Å². The van der Waals surface area contributed by atoms with Crippen molar-refractivity contribution in [3.63, 3.8) is 0 Å². The molecule has 1 saturated carbocycles. The van der Waals surface area contributed by atoms with Crippen molar-refractivity contribution in [1.82, 2.24) is 0 Å². The molecule has 96 valence electrons. The molecule has 2 aliphatic carbocycles. The van der Waals surface area contributed by atoms with E-state index >= 15 is 0 Å². The minimum Gasteiger partial charge on any atom is -0.325 e. The second kappa shape index (κ2) is 4.51. The number of fused-ring (bicyclic) bond motifs is 1. The highest BCUT2D eigenvalue weighted by Gasteiger charge is 2.34. The van der Waals surface area contributed by atoms with Crippen molar-refractivity contribution in [2.75, 3.05) is 0 Å². The lowest BCUT2D eigenvalue weighted by Crippen LogP contribution is -2.39. The Morgan fingerprint density at radius 3 is 2.72 bits per heavy atom. The maximum atomic E-state index is 12.1. The molecule has 2 aliphatic rings. The van der Waals surface area contributed by atoms with Crippen molar-refractivity contribution >= 4 is 5.78 Å². The van der Waals surface area contributed by atoms with E-state index < -0.39 is 0 Å². The number of benzene rings is 1. The molecule has 1 fully saturated rings. The number of Topliss-reactive ketones (excluding diaryl/α,β-unsaturated/α-hetero) is 1. The van der Waals surface area contributed by atoms with Crippen LogP contribution in [0, 0.1) is 0 Å². The van der Waals surface area contributed by atoms with Gasteiger partial charge >= 0.3 is 0 Å². The molecule has 0 saturated heterocycles. The van der Waals surface area contributed by atoms with Crippen molar-refractivity contribution in [1.29, 1.82) is 0 Å². The highest BCUT2D eigenvalue weighted by molar-refractivity contribution is 5.81. The van der Waals surface area contributed by atoms with Crippen LogP contribution in [0.15, 0.2) is 24.3 Å². The van der Waals surface area contributed by atoms with Gasteiger partial charge < -0.3 is 5.73 Å². The third-order valence-electron chi connectivity index (χ3n) is 4.58. The summed E-state index contributed by atoms with van der Waals surface area (Å²) in [6.07, 6.45) is 6.78. The van der Waals surface area contributed by atoms with Crippen LogP contribution in [0.1, 0.15) is 55.6 Å². The Morgan fingerprint density at radius 1 is 1.28 bits per heavy atom. The molecule has 1 aromatic carbocycles. The van der Waals surface area contributed by atoms with Crippen LogP contribution in [0.2, 0.25) is 0 Å². The van der Waals surface area contributed by atoms with E-state index in [0.29, 0.717) is 24.5 Å². The van der Waals surface area contributed by atoms with Gasteiger partial charge in [0.05, 0.1) is 0 Å². The summed E-state index contributed by atoms with van der Waals surface area (Å²) in [5, 5.41) is 0. The summed E-state index contributed by atoms with van der Waals surface area (Å²) in [4.78, 5) is 12.1. The Morgan fingerprint density at radius 2 is 2.00 bits per heavy atom. The van der Waals surface area contributed by atoms with Crippen LogP contribution in [-0.4, -0.2) is 11.3 Å². The van der Waals surface area contributed by atoms with Gasteiger partial charge in [-0.05, 0) is 36.3 Å². The lowest BCUT2D eigenvalue weighted by atomic mass is 9.74. The van der Waals surface area contributed by atoms with Gasteiger partial charge in [-0.15, -0.1) is 0 Å². The van der Waals surface area contributed by atoms with E-state index in [2.05, 4.69) is 24.3 Å². The Kier molecular flexibility index (Phi) is 2.98. The molecule has 1 unspecified atom stereocenters. The van der Waals surface area contributed by atoms with Gasteiger partial charge in [-0.25, -0.2) is 0 Å². The Bertz CT molecular complexity index is 460. The fourth-order valence-corrected chi connectivity index (χ4v) is 3.54. The molecular formula is C16H21NO. The molecule has 3 rings (SSSR count). The first-order valence-electron chi connectivity index (χ1n) is 7.05. The number of nitrogens with two attached hydrogens (primary N) is 1. The lowest BCUT2D eigenvalue weighted by Gasteiger charge is -2.31. The third-order valence-corrected chi connectivity index (χ3v) is 4.58. The van der Waals surface area contributed by atoms with Gasteiger partial charge in [-0.2, -0.15) is 0 Å². The highest BCUT2D eigenvalue weighted by atomic mass is 16.1. The zero-order chi connectivity index (χ0) is 12.6. The van der Waals surface area contributed by atoms with Crippen LogP contribution in [0.4, 0.5) is 0 Å². The van der Waals surface area contributed by atoms with Crippen molar-refractivity contribution in [2.45, 2.75) is 56.4 Å². The fraction of sp³-hybridized carbons (Fsp3) is 0.562. The number of hydrogen-bond acceptors (Lipinski definition) is 2. The number of rotatable bonds is 4. The molecule has 1 aromatic rings. The minimum absolute atomic E-state index is 0.180. The molecule has 0 heterocycles. The molecular weight excluding hydrogens is 222 g/mol. The predicted octanol–water partition coefficient (Wildman–Crippen LogP) is 2.95. The highest BCUT2D eigenvalue weighted by Crippen LogP contribution is 2.38. The van der Waals surface area contributed by atoms with E-state index in [4.69, 9.17) is 5.73 Å². The summed E-state index contributed by atoms with van der Waals surface area (Å²) in [7, 11) is 0. The summed E-state index contributed by atoms with van der Waals surface area (Å²) >= 11 is 0. The lowest BCUT2D eigenvalue weighted by molar-refractivity contribution is -0.120. The number of ketones is 1. The second-order valence-electron chi connectivity index (χ2n) is 6.09. The van der Waals surface area contributed by atoms with Gasteiger partial charge in [0.1, 0.15) is 5.78 Å². The van der Waals surface area contributed by atoms with Gasteiger partial charge in [0.15, 0.2) is 0 Å². The van der Waals surface area contributed by atoms with Crippen LogP contribution >= 0.6 is 0 Å². The Labute approximate surface area is 109 Å². The average molecular weight is 243 g/mol. The first-order chi connectivity index (χ1) is 8.66. The molecule has 0 aliphatic heterocycles. The van der Waals surface area contributed by atoms with Gasteiger partial charge in [0, 0.05) is 18.4 Å². The molecule has 0 amide bonds. The molecule has 1 atom stereocenters. The maximum Gasteiger partial charge on any atom is 0.135 e. The fourth-order valence-electron chi connectivity index (χ4n) is 3.54. The second-order valence-corrected chi connectivity index (χ2v) is 6.09. The summed E-state index contributed by atoms with van der Waals surface area (Å²) in [6.45, 7) is 0. The molecule has 0 aromatic heterocycles. The predicted molar refractivity (Wildman–Crippen MR) is 72.5 cm³/mol. The van der Waals surface area contributed by atoms with Gasteiger partial charge in [-0.3, -0.25) is 4.79 Å². The zero-order valence-electron chi connectivity index (χ0n) is 10.8. The van der Waals surface area contributed by atoms with E-state index in [1.54, 1.807) is 0 Å². The quantitative estimate of drug-likeness (QED) is 0.883. The molecule has 18 heavy (non-hydrogen) atoms. The number of carbonyl (C=O) groups is 1. The van der Waals surface area contributed by atoms with E-state index in [-0.39, 0.29) is 5.54 Å². The van der Waals surface area contributed by atoms with Crippen molar-refractivity contribution in [3.05, 3.63) is 35.4 Å². The van der Waals surface area contributed by atoms with Crippen LogP contribution in [0.5, 0.6) is 0 Å². The van der Waals surface area contributed by atoms with Crippen molar-refractivity contribution in [2.24, 2.45) is 5.73 Å². The summed E-state index contributed by atoms with van der Waals surface area (Å²) in [5.74, 6) is 0.817. The monoisotopic (exact) mass is 243 g/mol. The van der Waals surface area contributed by atoms with E-state index in [9.17, 15) is 4.79 Å². The number of carbonyl (C=O) groups excluding carboxylic acids is 1. The van der Waals surface area contributed by atoms with Crippen LogP contribution < -0.4 is 5.73 Å². The first kappa shape index (κ1) is 11.9. The summed E-state index contributed by atoms with van der Waals surface area (Å²) < 4.78 is 0. The summed E-state index contributed by atoms with van der Waals surface area (Å²) in [6, 6.07) is 8.46. The maximum absolute atomic E-state index is 12.1. The van der Waals surface area contributed by atoms with Gasteiger partial charge in [0.2, 0.25) is 0 Å². The molecule has 2 heteroatoms. The van der Waals surface area contributed by atoms with Crippen LogP contribution in [-0.2, 0) is 11.2 Å². The number of hydrogen-bond donors (Lipinski definition) is 1. The third kappa shape index (κ3) is 2.22. The molecule has 2 N–H and O–H groups in total. The average Bonchev–Trinajstić information content (AvgIpc) is 2.72. The van der Waals surface area contributed by atoms with Crippen LogP contribution in [0.25, 0.3) is 0 Å². The Balaban J connectivity index is 1.57. The van der Waals surface area contributed by atoms with Crippen molar-refractivity contribution in [3.8, 4) is 0 Å². The SMILES string of the molecule is NC1(CC(=O)CC2Cc3ccccc32)CCCC1. The van der Waals surface area contributed by atoms with E-state index in [1.165, 1.54) is 24.0 Å². The molecule has 0 bridgehead atoms. The first-order valence-corrected chi connectivity index (χ1v) is 7.05. The smallest absolute Gasteiger partial charge is 0.135 e. The molecule has 2 nitrogen and oxygen atoms in total. The van der Waals surface area contributed by atoms with E-state index in [1.807, 2.05) is 0 Å². The van der Waals surface area contributed by atoms with Crippen LogP contribution in [0.3, 0.4) is 0 Å². The molecule has 0 spiro atoms. The van der Waals surface area contributed by atoms with Gasteiger partial charge in [0.25, 0.3) is 0 Å². The largest absolute Gasteiger partial charge is 0.325 e. The van der Waals surface area contributed by atoms with E-state index in [0.717, 1.165) is 19.3 Å². The Hall–Kier alpha value is -1.15. The topological polar surface area (TPSA) is 43.1 Å². The normalized spacial score (nSPS) is 24.4. The zero-order valence-corrected chi connectivity index (χ0v) is 10.8. The standard InChI is InChI=1S/C16H21NO/c17-16(7-3-4-8-16)11-14(18)10-13-9-12-5-1-2-6-15(12)13/h1-2,5-6,13H,3-4,7-11,17H2. The minimum atomic E-state index is -0.180. The summed E-state index contributed by atoms with van der Waals surface area (Å²) in [5.41, 5.74) is 8.88.